The first-order valence-corrected chi connectivity index (χ1v) is 6.27. The lowest BCUT2D eigenvalue weighted by molar-refractivity contribution is -0.122. The highest BCUT2D eigenvalue weighted by molar-refractivity contribution is 5.85. The molecule has 0 aromatic carbocycles. The summed E-state index contributed by atoms with van der Waals surface area (Å²) < 4.78 is 0. The fourth-order valence-electron chi connectivity index (χ4n) is 4.77. The van der Waals surface area contributed by atoms with Gasteiger partial charge in [0.1, 0.15) is 5.78 Å². The molecular weight excluding hydrogens is 172 g/mol. The largest absolute Gasteiger partial charge is 0.299 e. The van der Waals surface area contributed by atoms with Crippen LogP contribution in [0.25, 0.3) is 0 Å². The lowest BCUT2D eigenvalue weighted by Crippen LogP contribution is -2.33. The highest BCUT2D eigenvalue weighted by Gasteiger charge is 2.59. The Morgan fingerprint density at radius 2 is 2.07 bits per heavy atom. The molecular formula is C13H20O. The topological polar surface area (TPSA) is 17.1 Å². The van der Waals surface area contributed by atoms with Gasteiger partial charge in [-0.15, -0.1) is 0 Å². The second kappa shape index (κ2) is 2.84. The molecule has 0 unspecified atom stereocenters. The van der Waals surface area contributed by atoms with Crippen LogP contribution >= 0.6 is 0 Å². The lowest BCUT2D eigenvalue weighted by Gasteiger charge is -2.39. The fraction of sp³-hybridized carbons (Fsp3) is 0.923. The molecule has 0 aromatic heterocycles. The van der Waals surface area contributed by atoms with Gasteiger partial charge in [0, 0.05) is 12.3 Å². The number of hydrogen-bond acceptors (Lipinski definition) is 1. The van der Waals surface area contributed by atoms with Gasteiger partial charge in [0.2, 0.25) is 0 Å². The zero-order valence-electron chi connectivity index (χ0n) is 9.09. The second-order valence-electron chi connectivity index (χ2n) is 5.84. The SMILES string of the molecule is C[C@@H]1CC[C@@]23CCCC[C@@H]2CC(=O)[C@@H]13. The Kier molecular flexibility index (Phi) is 1.81. The molecule has 3 rings (SSSR count). The van der Waals surface area contributed by atoms with Gasteiger partial charge in [0.15, 0.2) is 0 Å². The predicted octanol–water partition coefficient (Wildman–Crippen LogP) is 3.18. The van der Waals surface area contributed by atoms with Crippen molar-refractivity contribution in [2.24, 2.45) is 23.2 Å². The zero-order valence-corrected chi connectivity index (χ0v) is 9.09. The third-order valence-corrected chi connectivity index (χ3v) is 5.31. The van der Waals surface area contributed by atoms with Crippen LogP contribution in [-0.4, -0.2) is 5.78 Å². The Labute approximate surface area is 86.3 Å². The Hall–Kier alpha value is -0.330. The summed E-state index contributed by atoms with van der Waals surface area (Å²) in [5, 5.41) is 0. The van der Waals surface area contributed by atoms with Crippen LogP contribution in [0.4, 0.5) is 0 Å². The third kappa shape index (κ3) is 0.936. The minimum absolute atomic E-state index is 0.466. The van der Waals surface area contributed by atoms with Crippen molar-refractivity contribution in [2.45, 2.75) is 51.9 Å². The van der Waals surface area contributed by atoms with Crippen molar-refractivity contribution in [1.29, 1.82) is 0 Å². The van der Waals surface area contributed by atoms with Crippen molar-refractivity contribution in [2.75, 3.05) is 0 Å². The number of Topliss-reactive ketones (excluding diaryl/α,β-unsaturated/α-hetero) is 1. The molecule has 4 atom stereocenters. The molecule has 0 heterocycles. The number of rotatable bonds is 0. The van der Waals surface area contributed by atoms with Gasteiger partial charge in [-0.25, -0.2) is 0 Å². The standard InChI is InChI=1S/C13H20O/c1-9-5-7-13-6-3-2-4-10(13)8-11(14)12(9)13/h9-10,12H,2-8H2,1H3/t9-,10-,12-,13+/m1/s1. The highest BCUT2D eigenvalue weighted by atomic mass is 16.1. The normalized spacial score (nSPS) is 51.8. The average molecular weight is 192 g/mol. The number of carbonyl (C=O) groups is 1. The molecule has 3 aliphatic carbocycles. The smallest absolute Gasteiger partial charge is 0.137 e. The van der Waals surface area contributed by atoms with Gasteiger partial charge in [0.25, 0.3) is 0 Å². The molecule has 3 fully saturated rings. The van der Waals surface area contributed by atoms with Gasteiger partial charge in [-0.1, -0.05) is 19.8 Å². The molecule has 1 nitrogen and oxygen atoms in total. The van der Waals surface area contributed by atoms with E-state index < -0.39 is 0 Å². The summed E-state index contributed by atoms with van der Waals surface area (Å²) in [7, 11) is 0. The van der Waals surface area contributed by atoms with Crippen molar-refractivity contribution < 1.29 is 4.79 Å². The number of hydrogen-bond donors (Lipinski definition) is 0. The summed E-state index contributed by atoms with van der Waals surface area (Å²) in [6.45, 7) is 2.30. The molecule has 0 N–H and O–H groups in total. The van der Waals surface area contributed by atoms with Crippen molar-refractivity contribution in [3.05, 3.63) is 0 Å². The van der Waals surface area contributed by atoms with E-state index in [-0.39, 0.29) is 0 Å². The molecule has 0 radical (unpaired) electrons. The quantitative estimate of drug-likeness (QED) is 0.576. The summed E-state index contributed by atoms with van der Waals surface area (Å²) in [6.07, 6.45) is 9.05. The highest BCUT2D eigenvalue weighted by Crippen LogP contribution is 2.63. The maximum atomic E-state index is 12.0. The fourth-order valence-corrected chi connectivity index (χ4v) is 4.77. The van der Waals surface area contributed by atoms with Crippen molar-refractivity contribution in [1.82, 2.24) is 0 Å². The van der Waals surface area contributed by atoms with Crippen LogP contribution in [0.1, 0.15) is 51.9 Å². The summed E-state index contributed by atoms with van der Waals surface area (Å²) in [6, 6.07) is 0. The molecule has 1 heteroatoms. The van der Waals surface area contributed by atoms with E-state index in [2.05, 4.69) is 6.92 Å². The monoisotopic (exact) mass is 192 g/mol. The Morgan fingerprint density at radius 3 is 2.93 bits per heavy atom. The number of ketones is 1. The van der Waals surface area contributed by atoms with Crippen LogP contribution in [0.5, 0.6) is 0 Å². The van der Waals surface area contributed by atoms with Crippen LogP contribution in [-0.2, 0) is 4.79 Å². The number of carbonyl (C=O) groups excluding carboxylic acids is 1. The van der Waals surface area contributed by atoms with Crippen molar-refractivity contribution >= 4 is 5.78 Å². The van der Waals surface area contributed by atoms with Crippen molar-refractivity contribution in [3.63, 3.8) is 0 Å². The summed E-state index contributed by atoms with van der Waals surface area (Å²) in [5.74, 6) is 2.54. The first kappa shape index (κ1) is 8.94. The summed E-state index contributed by atoms with van der Waals surface area (Å²) in [5.41, 5.74) is 0.495. The second-order valence-corrected chi connectivity index (χ2v) is 5.84. The molecule has 0 aromatic rings. The predicted molar refractivity (Wildman–Crippen MR) is 55.9 cm³/mol. The van der Waals surface area contributed by atoms with Crippen molar-refractivity contribution in [3.8, 4) is 0 Å². The van der Waals surface area contributed by atoms with E-state index in [9.17, 15) is 4.79 Å². The van der Waals surface area contributed by atoms with E-state index in [4.69, 9.17) is 0 Å². The van der Waals surface area contributed by atoms with Crippen LogP contribution in [0.15, 0.2) is 0 Å². The van der Waals surface area contributed by atoms with Crippen LogP contribution in [0.3, 0.4) is 0 Å². The molecule has 3 saturated carbocycles. The molecule has 78 valence electrons. The summed E-state index contributed by atoms with van der Waals surface area (Å²) >= 11 is 0. The maximum Gasteiger partial charge on any atom is 0.137 e. The average Bonchev–Trinajstić information content (AvgIpc) is 2.63. The molecule has 0 amide bonds. The Balaban J connectivity index is 1.99. The molecule has 1 spiro atoms. The van der Waals surface area contributed by atoms with E-state index >= 15 is 0 Å². The molecule has 0 bridgehead atoms. The van der Waals surface area contributed by atoms with Gasteiger partial charge in [-0.2, -0.15) is 0 Å². The molecule has 3 aliphatic rings. The van der Waals surface area contributed by atoms with E-state index in [0.29, 0.717) is 23.0 Å². The first-order valence-electron chi connectivity index (χ1n) is 6.27. The maximum absolute atomic E-state index is 12.0. The minimum atomic E-state index is 0.466. The van der Waals surface area contributed by atoms with E-state index in [0.717, 1.165) is 12.3 Å². The van der Waals surface area contributed by atoms with Gasteiger partial charge >= 0.3 is 0 Å². The Morgan fingerprint density at radius 1 is 1.21 bits per heavy atom. The van der Waals surface area contributed by atoms with Crippen LogP contribution < -0.4 is 0 Å². The van der Waals surface area contributed by atoms with Gasteiger partial charge in [0.05, 0.1) is 0 Å². The van der Waals surface area contributed by atoms with Gasteiger partial charge in [-0.05, 0) is 42.9 Å². The summed E-state index contributed by atoms with van der Waals surface area (Å²) in [4.78, 5) is 12.0. The van der Waals surface area contributed by atoms with Gasteiger partial charge in [-0.3, -0.25) is 4.79 Å². The third-order valence-electron chi connectivity index (χ3n) is 5.31. The van der Waals surface area contributed by atoms with E-state index in [1.165, 1.54) is 38.5 Å². The first-order chi connectivity index (χ1) is 6.74. The van der Waals surface area contributed by atoms with Crippen LogP contribution in [0.2, 0.25) is 0 Å². The molecule has 0 aliphatic heterocycles. The minimum Gasteiger partial charge on any atom is -0.299 e. The Bertz CT molecular complexity index is 266. The van der Waals surface area contributed by atoms with Crippen LogP contribution in [0, 0.1) is 23.2 Å². The zero-order chi connectivity index (χ0) is 9.76. The molecule has 14 heavy (non-hydrogen) atoms. The lowest BCUT2D eigenvalue weighted by atomic mass is 9.65. The van der Waals surface area contributed by atoms with Gasteiger partial charge < -0.3 is 0 Å². The van der Waals surface area contributed by atoms with E-state index in [1.54, 1.807) is 0 Å². The van der Waals surface area contributed by atoms with E-state index in [1.807, 2.05) is 0 Å². The molecule has 0 saturated heterocycles.